The van der Waals surface area contributed by atoms with Crippen LogP contribution in [0.5, 0.6) is 0 Å². The molecule has 0 saturated carbocycles. The number of ketones is 1. The molecule has 0 radical (unpaired) electrons. The van der Waals surface area contributed by atoms with E-state index in [9.17, 15) is 22.8 Å². The second-order valence-electron chi connectivity index (χ2n) is 7.62. The number of pyridine rings is 1. The number of hydrogen-bond donors (Lipinski definition) is 0. The summed E-state index contributed by atoms with van der Waals surface area (Å²) in [6.45, 7) is 5.77. The number of Topliss-reactive ketones (excluding diaryl/α,β-unsaturated/α-hetero) is 1. The van der Waals surface area contributed by atoms with Crippen LogP contribution in [0.15, 0.2) is 36.5 Å². The Morgan fingerprint density at radius 2 is 1.97 bits per heavy atom. The highest BCUT2D eigenvalue weighted by molar-refractivity contribution is 6.31. The highest BCUT2D eigenvalue weighted by Gasteiger charge is 2.41. The van der Waals surface area contributed by atoms with E-state index in [-0.39, 0.29) is 36.5 Å². The average molecular weight is 440 g/mol. The fourth-order valence-electron chi connectivity index (χ4n) is 3.41. The Morgan fingerprint density at radius 3 is 2.50 bits per heavy atom. The van der Waals surface area contributed by atoms with E-state index in [1.54, 1.807) is 25.1 Å². The smallest absolute Gasteiger partial charge is 0.312 e. The van der Waals surface area contributed by atoms with E-state index in [1.165, 1.54) is 15.9 Å². The summed E-state index contributed by atoms with van der Waals surface area (Å²) < 4.78 is 38.3. The van der Waals surface area contributed by atoms with Crippen LogP contribution in [0.25, 0.3) is 0 Å². The number of carbonyl (C=O) groups is 2. The van der Waals surface area contributed by atoms with E-state index >= 15 is 0 Å². The van der Waals surface area contributed by atoms with Crippen LogP contribution in [-0.2, 0) is 6.18 Å². The minimum atomic E-state index is -4.55. The van der Waals surface area contributed by atoms with Gasteiger partial charge in [-0.15, -0.1) is 0 Å². The standard InChI is InChI=1S/C21H21ClF3N3O2/c1-12(2)17-10-27(15-5-7-19(26-9-15)21(23,24)25)20(30)28(17)11-18(29)14-4-6-16(22)13(3)8-14/h4-9,12,17H,10-11H2,1-3H3/t17-/m1/s1. The van der Waals surface area contributed by atoms with Gasteiger partial charge in [0.2, 0.25) is 0 Å². The molecule has 3 rings (SSSR count). The number of halogens is 4. The molecule has 1 atom stereocenters. The van der Waals surface area contributed by atoms with Crippen LogP contribution in [0.4, 0.5) is 23.7 Å². The van der Waals surface area contributed by atoms with Crippen molar-refractivity contribution in [2.45, 2.75) is 33.0 Å². The van der Waals surface area contributed by atoms with Crippen molar-refractivity contribution in [3.63, 3.8) is 0 Å². The minimum absolute atomic E-state index is 0.0427. The van der Waals surface area contributed by atoms with Gasteiger partial charge < -0.3 is 4.90 Å². The Bertz CT molecular complexity index is 961. The van der Waals surface area contributed by atoms with Crippen molar-refractivity contribution in [2.75, 3.05) is 18.0 Å². The molecule has 1 aliphatic heterocycles. The number of rotatable bonds is 5. The van der Waals surface area contributed by atoms with Gasteiger partial charge in [0.05, 0.1) is 24.5 Å². The van der Waals surface area contributed by atoms with Gasteiger partial charge in [-0.2, -0.15) is 13.2 Å². The number of nitrogens with zero attached hydrogens (tertiary/aromatic N) is 3. The minimum Gasteiger partial charge on any atom is -0.312 e. The molecular weight excluding hydrogens is 419 g/mol. The summed E-state index contributed by atoms with van der Waals surface area (Å²) in [6, 6.07) is 6.28. The number of hydrogen-bond acceptors (Lipinski definition) is 3. The largest absolute Gasteiger partial charge is 0.433 e. The number of aromatic nitrogens is 1. The molecule has 5 nitrogen and oxygen atoms in total. The van der Waals surface area contributed by atoms with Crippen molar-refractivity contribution in [1.29, 1.82) is 0 Å². The maximum Gasteiger partial charge on any atom is 0.433 e. The molecule has 9 heteroatoms. The van der Waals surface area contributed by atoms with Crippen LogP contribution < -0.4 is 4.90 Å². The first-order valence-corrected chi connectivity index (χ1v) is 9.77. The topological polar surface area (TPSA) is 53.5 Å². The predicted octanol–water partition coefficient (Wildman–Crippen LogP) is 5.21. The zero-order valence-electron chi connectivity index (χ0n) is 16.7. The molecule has 2 heterocycles. The van der Waals surface area contributed by atoms with Crippen molar-refractivity contribution < 1.29 is 22.8 Å². The summed E-state index contributed by atoms with van der Waals surface area (Å²) in [4.78, 5) is 32.1. The lowest BCUT2D eigenvalue weighted by Crippen LogP contribution is -2.41. The molecule has 0 spiro atoms. The number of alkyl halides is 3. The van der Waals surface area contributed by atoms with Crippen molar-refractivity contribution in [3.05, 3.63) is 58.4 Å². The van der Waals surface area contributed by atoms with Crippen molar-refractivity contribution in [2.24, 2.45) is 5.92 Å². The summed E-state index contributed by atoms with van der Waals surface area (Å²) in [6.07, 6.45) is -3.52. The molecule has 0 bridgehead atoms. The van der Waals surface area contributed by atoms with Crippen LogP contribution in [0.1, 0.15) is 35.5 Å². The quantitative estimate of drug-likeness (QED) is 0.601. The molecule has 0 N–H and O–H groups in total. The number of amides is 2. The van der Waals surface area contributed by atoms with Gasteiger partial charge in [-0.3, -0.25) is 9.69 Å². The van der Waals surface area contributed by atoms with Gasteiger partial charge in [-0.25, -0.2) is 9.78 Å². The molecule has 1 saturated heterocycles. The molecular formula is C21H21ClF3N3O2. The van der Waals surface area contributed by atoms with Gasteiger partial charge >= 0.3 is 12.2 Å². The van der Waals surface area contributed by atoms with Crippen LogP contribution in [0.3, 0.4) is 0 Å². The fraction of sp³-hybridized carbons (Fsp3) is 0.381. The lowest BCUT2D eigenvalue weighted by Gasteiger charge is -2.25. The Balaban J connectivity index is 1.83. The lowest BCUT2D eigenvalue weighted by molar-refractivity contribution is -0.141. The molecule has 1 aromatic carbocycles. The normalized spacial score (nSPS) is 17.2. The van der Waals surface area contributed by atoms with Gasteiger partial charge in [0.1, 0.15) is 5.69 Å². The molecule has 0 aliphatic carbocycles. The number of urea groups is 1. The van der Waals surface area contributed by atoms with Crippen LogP contribution >= 0.6 is 11.6 Å². The second-order valence-corrected chi connectivity index (χ2v) is 8.03. The van der Waals surface area contributed by atoms with E-state index in [0.29, 0.717) is 10.6 Å². The maximum atomic E-state index is 13.0. The van der Waals surface area contributed by atoms with E-state index in [2.05, 4.69) is 4.98 Å². The third kappa shape index (κ3) is 4.43. The SMILES string of the molecule is Cc1cc(C(=O)CN2C(=O)N(c3ccc(C(F)(F)F)nc3)C[C@@H]2C(C)C)ccc1Cl. The average Bonchev–Trinajstić information content (AvgIpc) is 3.00. The van der Waals surface area contributed by atoms with Crippen molar-refractivity contribution in [3.8, 4) is 0 Å². The summed E-state index contributed by atoms with van der Waals surface area (Å²) >= 11 is 6.01. The first-order chi connectivity index (χ1) is 14.0. The van der Waals surface area contributed by atoms with Crippen molar-refractivity contribution in [1.82, 2.24) is 9.88 Å². The van der Waals surface area contributed by atoms with Crippen LogP contribution in [0.2, 0.25) is 5.02 Å². The highest BCUT2D eigenvalue weighted by atomic mass is 35.5. The van der Waals surface area contributed by atoms with Gasteiger partial charge in [0.15, 0.2) is 5.78 Å². The molecule has 1 aliphatic rings. The maximum absolute atomic E-state index is 13.0. The number of anilines is 1. The van der Waals surface area contributed by atoms with Gasteiger partial charge in [0, 0.05) is 17.1 Å². The van der Waals surface area contributed by atoms with Gasteiger partial charge in [0.25, 0.3) is 0 Å². The lowest BCUT2D eigenvalue weighted by atomic mass is 10.0. The zero-order valence-corrected chi connectivity index (χ0v) is 17.5. The molecule has 1 aromatic heterocycles. The third-order valence-electron chi connectivity index (χ3n) is 5.16. The Kier molecular flexibility index (Phi) is 6.08. The van der Waals surface area contributed by atoms with Gasteiger partial charge in [-0.1, -0.05) is 25.4 Å². The zero-order chi connectivity index (χ0) is 22.2. The monoisotopic (exact) mass is 439 g/mol. The highest BCUT2D eigenvalue weighted by Crippen LogP contribution is 2.31. The van der Waals surface area contributed by atoms with Crippen LogP contribution in [0, 0.1) is 12.8 Å². The summed E-state index contributed by atoms with van der Waals surface area (Å²) in [5.74, 6) is -0.192. The van der Waals surface area contributed by atoms with Gasteiger partial charge in [-0.05, 0) is 48.7 Å². The Labute approximate surface area is 177 Å². The predicted molar refractivity (Wildman–Crippen MR) is 108 cm³/mol. The van der Waals surface area contributed by atoms with E-state index in [1.807, 2.05) is 13.8 Å². The number of benzene rings is 1. The molecule has 1 fully saturated rings. The second kappa shape index (κ2) is 8.26. The van der Waals surface area contributed by atoms with E-state index in [0.717, 1.165) is 17.8 Å². The number of carbonyl (C=O) groups excluding carboxylic acids is 2. The molecule has 30 heavy (non-hydrogen) atoms. The summed E-state index contributed by atoms with van der Waals surface area (Å²) in [5.41, 5.74) is 0.439. The van der Waals surface area contributed by atoms with E-state index < -0.39 is 17.9 Å². The van der Waals surface area contributed by atoms with Crippen LogP contribution in [-0.4, -0.2) is 40.8 Å². The first kappa shape index (κ1) is 22.1. The van der Waals surface area contributed by atoms with Crippen molar-refractivity contribution >= 4 is 29.1 Å². The molecule has 160 valence electrons. The number of aryl methyl sites for hydroxylation is 1. The summed E-state index contributed by atoms with van der Waals surface area (Å²) in [7, 11) is 0. The third-order valence-corrected chi connectivity index (χ3v) is 5.58. The first-order valence-electron chi connectivity index (χ1n) is 9.39. The molecule has 0 unspecified atom stereocenters. The Hall–Kier alpha value is -2.61. The Morgan fingerprint density at radius 1 is 1.27 bits per heavy atom. The molecule has 2 aromatic rings. The van der Waals surface area contributed by atoms with E-state index in [4.69, 9.17) is 11.6 Å². The molecule has 2 amide bonds. The summed E-state index contributed by atoms with van der Waals surface area (Å²) in [5, 5.41) is 0.546. The fourth-order valence-corrected chi connectivity index (χ4v) is 3.53.